The molecule has 5 rings (SSSR count). The van der Waals surface area contributed by atoms with Crippen molar-refractivity contribution in [3.63, 3.8) is 0 Å². The number of nitrogens with zero attached hydrogens (tertiary/aromatic N) is 1. The SMILES string of the molecule is CC(C)(C)OC(=O)NCCOc1ccc(C[C@H](NC(=O)OCC2c3ccccc3-c3ccccc32)C(=O)ON2C(=O)CCC2=O)cc1. The van der Waals surface area contributed by atoms with Crippen LogP contribution in [0.1, 0.15) is 56.2 Å². The van der Waals surface area contributed by atoms with Gasteiger partial charge in [0.2, 0.25) is 0 Å². The molecule has 1 saturated heterocycles. The summed E-state index contributed by atoms with van der Waals surface area (Å²) in [5.41, 5.74) is 4.24. The van der Waals surface area contributed by atoms with Crippen molar-refractivity contribution in [3.05, 3.63) is 89.5 Å². The number of hydrogen-bond donors (Lipinski definition) is 2. The van der Waals surface area contributed by atoms with Gasteiger partial charge in [-0.25, -0.2) is 14.4 Å². The van der Waals surface area contributed by atoms with E-state index in [2.05, 4.69) is 10.6 Å². The monoisotopic (exact) mass is 643 g/mol. The number of hydrogen-bond acceptors (Lipinski definition) is 9. The third kappa shape index (κ3) is 8.46. The maximum absolute atomic E-state index is 13.2. The van der Waals surface area contributed by atoms with Crippen molar-refractivity contribution < 1.29 is 43.0 Å². The summed E-state index contributed by atoms with van der Waals surface area (Å²) in [5.74, 6) is -1.94. The topological polar surface area (TPSA) is 150 Å². The lowest BCUT2D eigenvalue weighted by atomic mass is 9.98. The maximum Gasteiger partial charge on any atom is 0.407 e. The molecular formula is C35H37N3O9. The number of carbonyl (C=O) groups is 5. The second-order valence-electron chi connectivity index (χ2n) is 12.1. The summed E-state index contributed by atoms with van der Waals surface area (Å²) in [6.45, 7) is 5.76. The van der Waals surface area contributed by atoms with Crippen molar-refractivity contribution in [1.82, 2.24) is 15.7 Å². The Labute approximate surface area is 272 Å². The Balaban J connectivity index is 1.20. The summed E-state index contributed by atoms with van der Waals surface area (Å²) >= 11 is 0. The average molecular weight is 644 g/mol. The van der Waals surface area contributed by atoms with Gasteiger partial charge >= 0.3 is 18.2 Å². The molecule has 0 radical (unpaired) electrons. The van der Waals surface area contributed by atoms with Gasteiger partial charge in [0.05, 0.1) is 6.54 Å². The van der Waals surface area contributed by atoms with Crippen LogP contribution in [0.4, 0.5) is 9.59 Å². The van der Waals surface area contributed by atoms with Gasteiger partial charge in [-0.05, 0) is 60.7 Å². The number of hydroxylamine groups is 2. The Morgan fingerprint density at radius 1 is 0.851 bits per heavy atom. The number of rotatable bonds is 11. The number of fused-ring (bicyclic) bond motifs is 3. The third-order valence-corrected chi connectivity index (χ3v) is 7.51. The van der Waals surface area contributed by atoms with Gasteiger partial charge in [0.25, 0.3) is 11.8 Å². The van der Waals surface area contributed by atoms with Gasteiger partial charge in [-0.1, -0.05) is 60.7 Å². The zero-order chi connectivity index (χ0) is 33.6. The number of ether oxygens (including phenoxy) is 3. The number of amides is 4. The van der Waals surface area contributed by atoms with E-state index in [4.69, 9.17) is 19.0 Å². The molecular weight excluding hydrogens is 606 g/mol. The Morgan fingerprint density at radius 3 is 2.04 bits per heavy atom. The summed E-state index contributed by atoms with van der Waals surface area (Å²) in [4.78, 5) is 67.4. The van der Waals surface area contributed by atoms with Crippen LogP contribution in [0.2, 0.25) is 0 Å². The summed E-state index contributed by atoms with van der Waals surface area (Å²) in [6.07, 6.45) is -1.56. The van der Waals surface area contributed by atoms with Gasteiger partial charge in [0.1, 0.15) is 30.6 Å². The van der Waals surface area contributed by atoms with Crippen molar-refractivity contribution >= 4 is 30.0 Å². The molecule has 1 fully saturated rings. The molecule has 1 atom stereocenters. The summed E-state index contributed by atoms with van der Waals surface area (Å²) in [5, 5.41) is 5.61. The highest BCUT2D eigenvalue weighted by Gasteiger charge is 2.36. The lowest BCUT2D eigenvalue weighted by molar-refractivity contribution is -0.198. The first-order valence-electron chi connectivity index (χ1n) is 15.4. The van der Waals surface area contributed by atoms with E-state index < -0.39 is 41.6 Å². The Bertz CT molecular complexity index is 1590. The zero-order valence-corrected chi connectivity index (χ0v) is 26.4. The van der Waals surface area contributed by atoms with E-state index in [1.54, 1.807) is 45.0 Å². The fraction of sp³-hybridized carbons (Fsp3) is 0.343. The summed E-state index contributed by atoms with van der Waals surface area (Å²) < 4.78 is 16.5. The molecule has 47 heavy (non-hydrogen) atoms. The quantitative estimate of drug-likeness (QED) is 0.225. The molecule has 0 spiro atoms. The zero-order valence-electron chi connectivity index (χ0n) is 26.4. The molecule has 0 bridgehead atoms. The number of alkyl carbamates (subject to hydrolysis) is 2. The summed E-state index contributed by atoms with van der Waals surface area (Å²) in [6, 6.07) is 21.3. The molecule has 3 aromatic carbocycles. The predicted octanol–water partition coefficient (Wildman–Crippen LogP) is 4.65. The number of benzene rings is 3. The van der Waals surface area contributed by atoms with Gasteiger partial charge in [-0.15, -0.1) is 5.06 Å². The Hall–Kier alpha value is -5.39. The van der Waals surface area contributed by atoms with Gasteiger partial charge < -0.3 is 29.7 Å². The molecule has 0 aromatic heterocycles. The van der Waals surface area contributed by atoms with E-state index in [1.165, 1.54) is 0 Å². The minimum atomic E-state index is -1.28. The lowest BCUT2D eigenvalue weighted by Crippen LogP contribution is -2.46. The molecule has 0 saturated carbocycles. The van der Waals surface area contributed by atoms with E-state index in [-0.39, 0.29) is 44.9 Å². The van der Waals surface area contributed by atoms with Crippen LogP contribution in [0.3, 0.4) is 0 Å². The van der Waals surface area contributed by atoms with E-state index in [0.717, 1.165) is 22.3 Å². The first kappa shape index (κ1) is 33.0. The molecule has 1 aliphatic heterocycles. The highest BCUT2D eigenvalue weighted by atomic mass is 16.7. The van der Waals surface area contributed by atoms with Crippen LogP contribution in [0.15, 0.2) is 72.8 Å². The highest BCUT2D eigenvalue weighted by Crippen LogP contribution is 2.44. The van der Waals surface area contributed by atoms with Gasteiger partial charge in [0, 0.05) is 25.2 Å². The second-order valence-corrected chi connectivity index (χ2v) is 12.1. The molecule has 2 N–H and O–H groups in total. The molecule has 1 heterocycles. The normalized spacial score (nSPS) is 14.6. The van der Waals surface area contributed by atoms with Crippen LogP contribution in [-0.2, 0) is 35.1 Å². The maximum atomic E-state index is 13.2. The fourth-order valence-electron chi connectivity index (χ4n) is 5.38. The smallest absolute Gasteiger partial charge is 0.407 e. The van der Waals surface area contributed by atoms with Crippen LogP contribution < -0.4 is 15.4 Å². The van der Waals surface area contributed by atoms with Crippen LogP contribution in [0.25, 0.3) is 11.1 Å². The first-order chi connectivity index (χ1) is 22.5. The van der Waals surface area contributed by atoms with Crippen molar-refractivity contribution in [2.24, 2.45) is 0 Å². The number of carbonyl (C=O) groups excluding carboxylic acids is 5. The molecule has 0 unspecified atom stereocenters. The number of imide groups is 1. The minimum absolute atomic E-state index is 0.0273. The molecule has 1 aliphatic carbocycles. The second kappa shape index (κ2) is 14.4. The summed E-state index contributed by atoms with van der Waals surface area (Å²) in [7, 11) is 0. The van der Waals surface area contributed by atoms with Gasteiger partial charge in [-0.3, -0.25) is 9.59 Å². The predicted molar refractivity (Wildman–Crippen MR) is 169 cm³/mol. The molecule has 12 nitrogen and oxygen atoms in total. The van der Waals surface area contributed by atoms with Crippen LogP contribution in [0, 0.1) is 0 Å². The van der Waals surface area contributed by atoms with E-state index in [1.807, 2.05) is 48.5 Å². The lowest BCUT2D eigenvalue weighted by Gasteiger charge is -2.21. The van der Waals surface area contributed by atoms with Crippen molar-refractivity contribution in [2.45, 2.75) is 57.6 Å². The fourth-order valence-corrected chi connectivity index (χ4v) is 5.38. The van der Waals surface area contributed by atoms with Crippen LogP contribution in [-0.4, -0.2) is 66.4 Å². The molecule has 2 aliphatic rings. The standard InChI is InChI=1S/C35H37N3O9/c1-35(2,3)46-33(42)36-18-19-44-23-14-12-22(13-15-23)20-29(32(41)47-38-30(39)16-17-31(38)40)37-34(43)45-21-28-26-10-6-4-8-24(26)25-9-5-7-11-27(25)28/h4-15,28-29H,16-21H2,1-3H3,(H,36,42)(H,37,43)/t29-/m0/s1. The van der Waals surface area contributed by atoms with Gasteiger partial charge in [0.15, 0.2) is 0 Å². The van der Waals surface area contributed by atoms with E-state index in [0.29, 0.717) is 16.4 Å². The Kier molecular flexibility index (Phi) is 10.1. The van der Waals surface area contributed by atoms with E-state index >= 15 is 0 Å². The Morgan fingerprint density at radius 2 is 1.45 bits per heavy atom. The van der Waals surface area contributed by atoms with Crippen molar-refractivity contribution in [2.75, 3.05) is 19.8 Å². The van der Waals surface area contributed by atoms with Crippen molar-refractivity contribution in [3.8, 4) is 16.9 Å². The highest BCUT2D eigenvalue weighted by molar-refractivity contribution is 6.02. The van der Waals surface area contributed by atoms with Crippen LogP contribution in [0.5, 0.6) is 5.75 Å². The molecule has 3 aromatic rings. The van der Waals surface area contributed by atoms with E-state index in [9.17, 15) is 24.0 Å². The van der Waals surface area contributed by atoms with Crippen LogP contribution >= 0.6 is 0 Å². The third-order valence-electron chi connectivity index (χ3n) is 7.51. The first-order valence-corrected chi connectivity index (χ1v) is 15.4. The minimum Gasteiger partial charge on any atom is -0.492 e. The van der Waals surface area contributed by atoms with Crippen molar-refractivity contribution in [1.29, 1.82) is 0 Å². The molecule has 4 amide bonds. The largest absolute Gasteiger partial charge is 0.492 e. The molecule has 246 valence electrons. The number of nitrogens with one attached hydrogen (secondary N) is 2. The van der Waals surface area contributed by atoms with Gasteiger partial charge in [-0.2, -0.15) is 0 Å². The molecule has 12 heteroatoms. The average Bonchev–Trinajstić information content (AvgIpc) is 3.53.